The number of rotatable bonds is 8. The molecule has 144 valence electrons. The molecule has 6 N–H and O–H groups in total. The smallest absolute Gasteiger partial charge is 0.269 e. The highest BCUT2D eigenvalue weighted by atomic mass is 16.1. The van der Waals surface area contributed by atoms with Crippen LogP contribution < -0.4 is 22.1 Å². The highest BCUT2D eigenvalue weighted by molar-refractivity contribution is 5.97. The summed E-state index contributed by atoms with van der Waals surface area (Å²) in [6.07, 6.45) is 2.03. The van der Waals surface area contributed by atoms with Crippen LogP contribution in [-0.4, -0.2) is 27.8 Å². The third-order valence-electron chi connectivity index (χ3n) is 3.87. The predicted octanol–water partition coefficient (Wildman–Crippen LogP) is 2.25. The molecule has 1 atom stereocenters. The molecule has 0 aliphatic heterocycles. The molecule has 0 bridgehead atoms. The topological polar surface area (TPSA) is 136 Å². The minimum absolute atomic E-state index is 0.0843. The standard InChI is InChI=1S/C19H26N6O2/c1-10(2)5-15(18(20)26)24-13-8-14(17(19(21)27)22-9-13)25-16-7-11(3)6-12(4)23-16/h6-10,15,24H,5H2,1-4H3,(H2,20,26)(H2,21,27)(H,23,25). The fourth-order valence-corrected chi connectivity index (χ4v) is 2.80. The second-order valence-electron chi connectivity index (χ2n) is 7.01. The molecule has 0 aliphatic rings. The van der Waals surface area contributed by atoms with Crippen molar-refractivity contribution in [3.63, 3.8) is 0 Å². The molecule has 0 radical (unpaired) electrons. The van der Waals surface area contributed by atoms with Gasteiger partial charge in [-0.3, -0.25) is 9.59 Å². The van der Waals surface area contributed by atoms with E-state index < -0.39 is 17.9 Å². The Labute approximate surface area is 158 Å². The normalized spacial score (nSPS) is 11.9. The van der Waals surface area contributed by atoms with Crippen molar-refractivity contribution in [2.75, 3.05) is 10.6 Å². The van der Waals surface area contributed by atoms with Gasteiger partial charge in [0, 0.05) is 5.69 Å². The molecule has 8 nitrogen and oxygen atoms in total. The number of nitrogens with one attached hydrogen (secondary N) is 2. The number of anilines is 3. The molecular weight excluding hydrogens is 344 g/mol. The Hall–Kier alpha value is -3.16. The molecule has 0 aromatic carbocycles. The molecule has 2 aromatic rings. The number of nitrogens with two attached hydrogens (primary N) is 2. The summed E-state index contributed by atoms with van der Waals surface area (Å²) in [5, 5.41) is 6.16. The first-order chi connectivity index (χ1) is 12.7. The summed E-state index contributed by atoms with van der Waals surface area (Å²) in [6.45, 7) is 7.84. The molecule has 2 aromatic heterocycles. The number of primary amides is 2. The largest absolute Gasteiger partial charge is 0.372 e. The van der Waals surface area contributed by atoms with Crippen LogP contribution in [0.3, 0.4) is 0 Å². The lowest BCUT2D eigenvalue weighted by molar-refractivity contribution is -0.119. The molecule has 0 fully saturated rings. The van der Waals surface area contributed by atoms with Crippen LogP contribution in [0.2, 0.25) is 0 Å². The van der Waals surface area contributed by atoms with E-state index in [1.807, 2.05) is 39.8 Å². The van der Waals surface area contributed by atoms with Crippen molar-refractivity contribution in [1.29, 1.82) is 0 Å². The molecule has 0 spiro atoms. The third kappa shape index (κ3) is 5.67. The fourth-order valence-electron chi connectivity index (χ4n) is 2.80. The number of aryl methyl sites for hydroxylation is 2. The van der Waals surface area contributed by atoms with Crippen LogP contribution in [0.1, 0.15) is 42.0 Å². The zero-order valence-corrected chi connectivity index (χ0v) is 16.0. The Bertz CT molecular complexity index is 830. The van der Waals surface area contributed by atoms with Gasteiger partial charge in [-0.25, -0.2) is 9.97 Å². The van der Waals surface area contributed by atoms with Crippen LogP contribution in [0, 0.1) is 19.8 Å². The lowest BCUT2D eigenvalue weighted by Crippen LogP contribution is -2.36. The van der Waals surface area contributed by atoms with Crippen LogP contribution in [0.4, 0.5) is 17.2 Å². The second kappa shape index (κ2) is 8.48. The molecular formula is C19H26N6O2. The Balaban J connectivity index is 2.35. The van der Waals surface area contributed by atoms with Gasteiger partial charge < -0.3 is 22.1 Å². The summed E-state index contributed by atoms with van der Waals surface area (Å²) in [5.41, 5.74) is 13.8. The third-order valence-corrected chi connectivity index (χ3v) is 3.87. The van der Waals surface area contributed by atoms with Crippen molar-refractivity contribution in [2.45, 2.75) is 40.2 Å². The van der Waals surface area contributed by atoms with Crippen molar-refractivity contribution >= 4 is 29.0 Å². The Morgan fingerprint density at radius 3 is 2.41 bits per heavy atom. The maximum Gasteiger partial charge on any atom is 0.269 e. The van der Waals surface area contributed by atoms with E-state index in [9.17, 15) is 9.59 Å². The number of hydrogen-bond acceptors (Lipinski definition) is 6. The molecule has 27 heavy (non-hydrogen) atoms. The number of nitrogens with zero attached hydrogens (tertiary/aromatic N) is 2. The monoisotopic (exact) mass is 370 g/mol. The summed E-state index contributed by atoms with van der Waals surface area (Å²) in [7, 11) is 0. The van der Waals surface area contributed by atoms with E-state index in [0.717, 1.165) is 11.3 Å². The Kier molecular flexibility index (Phi) is 6.33. The highest BCUT2D eigenvalue weighted by Crippen LogP contribution is 2.24. The van der Waals surface area contributed by atoms with Gasteiger partial charge in [0.15, 0.2) is 5.69 Å². The van der Waals surface area contributed by atoms with E-state index in [1.165, 1.54) is 6.20 Å². The van der Waals surface area contributed by atoms with Crippen molar-refractivity contribution in [3.05, 3.63) is 41.3 Å². The number of amides is 2. The average Bonchev–Trinajstić information content (AvgIpc) is 2.52. The number of hydrogen-bond donors (Lipinski definition) is 4. The first-order valence-electron chi connectivity index (χ1n) is 8.73. The van der Waals surface area contributed by atoms with E-state index in [1.54, 1.807) is 6.07 Å². The summed E-state index contributed by atoms with van der Waals surface area (Å²) in [4.78, 5) is 32.0. The quantitative estimate of drug-likeness (QED) is 0.562. The lowest BCUT2D eigenvalue weighted by atomic mass is 10.0. The van der Waals surface area contributed by atoms with Gasteiger partial charge in [0.1, 0.15) is 11.9 Å². The zero-order valence-electron chi connectivity index (χ0n) is 16.0. The number of carbonyl (C=O) groups excluding carboxylic acids is 2. The Morgan fingerprint density at radius 2 is 1.85 bits per heavy atom. The van der Waals surface area contributed by atoms with Crippen LogP contribution >= 0.6 is 0 Å². The van der Waals surface area contributed by atoms with Crippen LogP contribution in [0.25, 0.3) is 0 Å². The molecule has 0 saturated carbocycles. The first-order valence-corrected chi connectivity index (χ1v) is 8.73. The van der Waals surface area contributed by atoms with Gasteiger partial charge in [-0.15, -0.1) is 0 Å². The minimum atomic E-state index is -0.665. The lowest BCUT2D eigenvalue weighted by Gasteiger charge is -2.19. The molecule has 2 heterocycles. The minimum Gasteiger partial charge on any atom is -0.372 e. The van der Waals surface area contributed by atoms with Crippen molar-refractivity contribution < 1.29 is 9.59 Å². The van der Waals surface area contributed by atoms with Crippen LogP contribution in [0.15, 0.2) is 24.4 Å². The summed E-state index contributed by atoms with van der Waals surface area (Å²) >= 11 is 0. The van der Waals surface area contributed by atoms with Gasteiger partial charge in [-0.1, -0.05) is 13.8 Å². The van der Waals surface area contributed by atoms with Gasteiger partial charge in [0.2, 0.25) is 5.91 Å². The number of carbonyl (C=O) groups is 2. The predicted molar refractivity (Wildman–Crippen MR) is 106 cm³/mol. The second-order valence-corrected chi connectivity index (χ2v) is 7.01. The number of aromatic nitrogens is 2. The van der Waals surface area contributed by atoms with E-state index in [0.29, 0.717) is 23.6 Å². The van der Waals surface area contributed by atoms with Gasteiger partial charge in [0.05, 0.1) is 17.6 Å². The number of pyridine rings is 2. The maximum atomic E-state index is 11.7. The van der Waals surface area contributed by atoms with E-state index in [4.69, 9.17) is 11.5 Å². The molecule has 2 amide bonds. The molecule has 1 unspecified atom stereocenters. The fraction of sp³-hybridized carbons (Fsp3) is 0.368. The maximum absolute atomic E-state index is 11.7. The summed E-state index contributed by atoms with van der Waals surface area (Å²) in [6, 6.07) is 4.92. The van der Waals surface area contributed by atoms with Crippen molar-refractivity contribution in [2.24, 2.45) is 17.4 Å². The Morgan fingerprint density at radius 1 is 1.15 bits per heavy atom. The highest BCUT2D eigenvalue weighted by Gasteiger charge is 2.18. The van der Waals surface area contributed by atoms with Gasteiger partial charge >= 0.3 is 0 Å². The molecule has 2 rings (SSSR count). The van der Waals surface area contributed by atoms with Crippen molar-refractivity contribution in [3.8, 4) is 0 Å². The average molecular weight is 370 g/mol. The molecule has 0 saturated heterocycles. The zero-order chi connectivity index (χ0) is 20.1. The summed E-state index contributed by atoms with van der Waals surface area (Å²) in [5.74, 6) is -0.261. The van der Waals surface area contributed by atoms with Gasteiger partial charge in [-0.05, 0) is 49.9 Å². The molecule has 0 aliphatic carbocycles. The van der Waals surface area contributed by atoms with Gasteiger partial charge in [-0.2, -0.15) is 0 Å². The van der Waals surface area contributed by atoms with Crippen LogP contribution in [0.5, 0.6) is 0 Å². The van der Waals surface area contributed by atoms with Crippen molar-refractivity contribution in [1.82, 2.24) is 9.97 Å². The van der Waals surface area contributed by atoms with Crippen LogP contribution in [-0.2, 0) is 4.79 Å². The van der Waals surface area contributed by atoms with E-state index in [2.05, 4.69) is 20.6 Å². The molecule has 8 heteroatoms. The summed E-state index contributed by atoms with van der Waals surface area (Å²) < 4.78 is 0. The first kappa shape index (κ1) is 20.2. The van der Waals surface area contributed by atoms with E-state index in [-0.39, 0.29) is 11.6 Å². The van der Waals surface area contributed by atoms with Gasteiger partial charge in [0.25, 0.3) is 5.91 Å². The van der Waals surface area contributed by atoms with E-state index >= 15 is 0 Å². The SMILES string of the molecule is Cc1cc(C)nc(Nc2cc(NC(CC(C)C)C(N)=O)cnc2C(N)=O)c1.